The Morgan fingerprint density at radius 2 is 2.12 bits per heavy atom. The molecule has 0 aliphatic carbocycles. The van der Waals surface area contributed by atoms with Crippen LogP contribution >= 0.6 is 11.8 Å². The minimum Gasteiger partial charge on any atom is -0.493 e. The molecule has 0 aromatic heterocycles. The summed E-state index contributed by atoms with van der Waals surface area (Å²) in [5.74, 6) is 2.14. The van der Waals surface area contributed by atoms with Crippen LogP contribution in [0.4, 0.5) is 0 Å². The van der Waals surface area contributed by atoms with Crippen LogP contribution in [-0.4, -0.2) is 49.5 Å². The van der Waals surface area contributed by atoms with E-state index in [2.05, 4.69) is 0 Å². The summed E-state index contributed by atoms with van der Waals surface area (Å²) in [6, 6.07) is 5.90. The monoisotopic (exact) mass is 353 g/mol. The molecule has 5 nitrogen and oxygen atoms in total. The molecule has 24 heavy (non-hydrogen) atoms. The van der Waals surface area contributed by atoms with Crippen molar-refractivity contribution in [3.63, 3.8) is 0 Å². The van der Waals surface area contributed by atoms with Crippen molar-refractivity contribution in [3.05, 3.63) is 23.8 Å². The third-order valence-corrected chi connectivity index (χ3v) is 4.99. The second-order valence-corrected chi connectivity index (χ2v) is 6.94. The molecule has 1 saturated heterocycles. The van der Waals surface area contributed by atoms with Gasteiger partial charge in [-0.15, -0.1) is 11.8 Å². The first-order chi connectivity index (χ1) is 11.6. The standard InChI is InChI=1S/C18H27NO4S/c1-5-22-16-11-14(7-8-15(16)21-4)18-19(17(20)12-24-18)9-6-10-23-13(2)3/h7-8,11,13,18H,5-6,9-10,12H2,1-4H3. The van der Waals surface area contributed by atoms with Crippen molar-refractivity contribution < 1.29 is 19.0 Å². The number of amides is 1. The Labute approximate surface area is 148 Å². The number of hydrogen-bond donors (Lipinski definition) is 0. The number of carbonyl (C=O) groups is 1. The van der Waals surface area contributed by atoms with Crippen LogP contribution in [0.5, 0.6) is 11.5 Å². The van der Waals surface area contributed by atoms with Gasteiger partial charge in [-0.05, 0) is 44.9 Å². The summed E-state index contributed by atoms with van der Waals surface area (Å²) in [6.07, 6.45) is 1.06. The molecule has 134 valence electrons. The molecule has 1 aromatic rings. The summed E-state index contributed by atoms with van der Waals surface area (Å²) in [5, 5.41) is 0.0293. The van der Waals surface area contributed by atoms with E-state index in [1.807, 2.05) is 43.9 Å². The van der Waals surface area contributed by atoms with Gasteiger partial charge in [-0.1, -0.05) is 6.07 Å². The number of hydrogen-bond acceptors (Lipinski definition) is 5. The fraction of sp³-hybridized carbons (Fsp3) is 0.611. The molecule has 1 aliphatic heterocycles. The summed E-state index contributed by atoms with van der Waals surface area (Å²) in [4.78, 5) is 14.2. The van der Waals surface area contributed by atoms with Gasteiger partial charge in [0.05, 0.1) is 25.6 Å². The summed E-state index contributed by atoms with van der Waals surface area (Å²) in [7, 11) is 1.63. The van der Waals surface area contributed by atoms with Crippen LogP contribution in [0.2, 0.25) is 0 Å². The fourth-order valence-electron chi connectivity index (χ4n) is 2.64. The van der Waals surface area contributed by atoms with Crippen molar-refractivity contribution in [1.29, 1.82) is 0 Å². The summed E-state index contributed by atoms with van der Waals surface area (Å²) < 4.78 is 16.6. The lowest BCUT2D eigenvalue weighted by molar-refractivity contribution is -0.128. The first kappa shape index (κ1) is 18.9. The van der Waals surface area contributed by atoms with Crippen LogP contribution in [0.25, 0.3) is 0 Å². The van der Waals surface area contributed by atoms with Crippen molar-refractivity contribution in [2.75, 3.05) is 32.6 Å². The highest BCUT2D eigenvalue weighted by atomic mass is 32.2. The molecule has 0 spiro atoms. The molecule has 1 atom stereocenters. The first-order valence-corrected chi connectivity index (χ1v) is 9.45. The molecular weight excluding hydrogens is 326 g/mol. The maximum Gasteiger partial charge on any atom is 0.233 e. The highest BCUT2D eigenvalue weighted by Crippen LogP contribution is 2.41. The van der Waals surface area contributed by atoms with E-state index in [1.165, 1.54) is 0 Å². The molecule has 0 radical (unpaired) electrons. The molecule has 2 rings (SSSR count). The van der Waals surface area contributed by atoms with Crippen molar-refractivity contribution in [2.24, 2.45) is 0 Å². The Bertz CT molecular complexity index is 550. The second-order valence-electron chi connectivity index (χ2n) is 5.87. The summed E-state index contributed by atoms with van der Waals surface area (Å²) in [6.45, 7) is 7.94. The minimum absolute atomic E-state index is 0.0293. The Hall–Kier alpha value is -1.40. The Morgan fingerprint density at radius 3 is 2.79 bits per heavy atom. The van der Waals surface area contributed by atoms with Crippen molar-refractivity contribution in [3.8, 4) is 11.5 Å². The number of nitrogens with zero attached hydrogens (tertiary/aromatic N) is 1. The van der Waals surface area contributed by atoms with E-state index in [4.69, 9.17) is 14.2 Å². The van der Waals surface area contributed by atoms with Gasteiger partial charge in [0.15, 0.2) is 11.5 Å². The van der Waals surface area contributed by atoms with Crippen molar-refractivity contribution in [2.45, 2.75) is 38.7 Å². The molecule has 0 N–H and O–H groups in total. The van der Waals surface area contributed by atoms with Gasteiger partial charge in [0, 0.05) is 13.2 Å². The Kier molecular flexibility index (Phi) is 7.24. The van der Waals surface area contributed by atoms with E-state index >= 15 is 0 Å². The molecule has 0 bridgehead atoms. The summed E-state index contributed by atoms with van der Waals surface area (Å²) in [5.41, 5.74) is 1.07. The number of ether oxygens (including phenoxy) is 3. The Morgan fingerprint density at radius 1 is 1.33 bits per heavy atom. The summed E-state index contributed by atoms with van der Waals surface area (Å²) >= 11 is 1.66. The predicted molar refractivity (Wildman–Crippen MR) is 96.8 cm³/mol. The molecular formula is C18H27NO4S. The highest BCUT2D eigenvalue weighted by Gasteiger charge is 2.32. The van der Waals surface area contributed by atoms with Crippen molar-refractivity contribution in [1.82, 2.24) is 4.90 Å². The zero-order valence-corrected chi connectivity index (χ0v) is 15.7. The van der Waals surface area contributed by atoms with Crippen LogP contribution in [-0.2, 0) is 9.53 Å². The topological polar surface area (TPSA) is 48.0 Å². The average molecular weight is 353 g/mol. The van der Waals surface area contributed by atoms with Crippen molar-refractivity contribution >= 4 is 17.7 Å². The minimum atomic E-state index is 0.0293. The van der Waals surface area contributed by atoms with Gasteiger partial charge >= 0.3 is 0 Å². The highest BCUT2D eigenvalue weighted by molar-refractivity contribution is 8.00. The second kappa shape index (κ2) is 9.18. The van der Waals surface area contributed by atoms with Crippen LogP contribution < -0.4 is 9.47 Å². The van der Waals surface area contributed by atoms with E-state index in [1.54, 1.807) is 18.9 Å². The number of methoxy groups -OCH3 is 1. The quantitative estimate of drug-likeness (QED) is 0.636. The lowest BCUT2D eigenvalue weighted by Crippen LogP contribution is -2.30. The van der Waals surface area contributed by atoms with Gasteiger partial charge in [0.1, 0.15) is 5.37 Å². The largest absolute Gasteiger partial charge is 0.493 e. The van der Waals surface area contributed by atoms with E-state index in [9.17, 15) is 4.79 Å². The zero-order chi connectivity index (χ0) is 17.5. The first-order valence-electron chi connectivity index (χ1n) is 8.40. The number of rotatable bonds is 9. The van der Waals surface area contributed by atoms with Crippen LogP contribution in [0.15, 0.2) is 18.2 Å². The number of carbonyl (C=O) groups excluding carboxylic acids is 1. The molecule has 6 heteroatoms. The fourth-order valence-corrected chi connectivity index (χ4v) is 3.85. The lowest BCUT2D eigenvalue weighted by Gasteiger charge is -2.25. The Balaban J connectivity index is 2.08. The molecule has 1 amide bonds. The van der Waals surface area contributed by atoms with Crippen LogP contribution in [0.1, 0.15) is 38.1 Å². The van der Waals surface area contributed by atoms with Crippen LogP contribution in [0, 0.1) is 0 Å². The molecule has 1 aromatic carbocycles. The SMILES string of the molecule is CCOc1cc(C2SCC(=O)N2CCCOC(C)C)ccc1OC. The molecule has 1 aliphatic rings. The normalized spacial score (nSPS) is 17.6. The molecule has 0 saturated carbocycles. The third-order valence-electron chi connectivity index (χ3n) is 3.74. The van der Waals surface area contributed by atoms with Gasteiger partial charge in [0.25, 0.3) is 0 Å². The van der Waals surface area contributed by atoms with E-state index in [0.29, 0.717) is 31.3 Å². The van der Waals surface area contributed by atoms with Gasteiger partial charge < -0.3 is 19.1 Å². The van der Waals surface area contributed by atoms with E-state index < -0.39 is 0 Å². The molecule has 1 fully saturated rings. The van der Waals surface area contributed by atoms with E-state index in [-0.39, 0.29) is 17.4 Å². The number of benzene rings is 1. The maximum absolute atomic E-state index is 12.2. The maximum atomic E-state index is 12.2. The van der Waals surface area contributed by atoms with Gasteiger partial charge in [0.2, 0.25) is 5.91 Å². The number of thioether (sulfide) groups is 1. The van der Waals surface area contributed by atoms with Gasteiger partial charge in [-0.25, -0.2) is 0 Å². The smallest absolute Gasteiger partial charge is 0.233 e. The molecule has 1 unspecified atom stereocenters. The zero-order valence-electron chi connectivity index (χ0n) is 14.9. The van der Waals surface area contributed by atoms with Gasteiger partial charge in [-0.3, -0.25) is 4.79 Å². The van der Waals surface area contributed by atoms with Crippen LogP contribution in [0.3, 0.4) is 0 Å². The lowest BCUT2D eigenvalue weighted by atomic mass is 10.1. The van der Waals surface area contributed by atoms with Gasteiger partial charge in [-0.2, -0.15) is 0 Å². The predicted octanol–water partition coefficient (Wildman–Crippen LogP) is 3.48. The third kappa shape index (κ3) is 4.80. The average Bonchev–Trinajstić information content (AvgIpc) is 2.92. The molecule has 1 heterocycles. The van der Waals surface area contributed by atoms with E-state index in [0.717, 1.165) is 17.7 Å².